The second-order valence-electron chi connectivity index (χ2n) is 5.83. The van der Waals surface area contributed by atoms with Crippen LogP contribution in [0.4, 0.5) is 8.78 Å². The lowest BCUT2D eigenvalue weighted by molar-refractivity contribution is -0.0634. The molecule has 0 aromatic rings. The molecule has 2 nitrogen and oxygen atoms in total. The van der Waals surface area contributed by atoms with Crippen LogP contribution in [-0.4, -0.2) is 29.8 Å². The van der Waals surface area contributed by atoms with Crippen molar-refractivity contribution in [2.24, 2.45) is 5.92 Å². The van der Waals surface area contributed by atoms with Crippen molar-refractivity contribution in [3.8, 4) is 0 Å². The second kappa shape index (κ2) is 6.29. The average Bonchev–Trinajstić information content (AvgIpc) is 2.82. The van der Waals surface area contributed by atoms with Crippen molar-refractivity contribution >= 4 is 0 Å². The van der Waals surface area contributed by atoms with Gasteiger partial charge < -0.3 is 9.84 Å². The maximum atomic E-state index is 13.0. The van der Waals surface area contributed by atoms with Gasteiger partial charge in [-0.15, -0.1) is 0 Å². The van der Waals surface area contributed by atoms with Gasteiger partial charge in [-0.2, -0.15) is 0 Å². The van der Waals surface area contributed by atoms with Crippen molar-refractivity contribution in [1.82, 2.24) is 0 Å². The van der Waals surface area contributed by atoms with Gasteiger partial charge in [0, 0.05) is 19.4 Å². The minimum absolute atomic E-state index is 0.0551. The molecule has 0 spiro atoms. The zero-order chi connectivity index (χ0) is 13.0. The Bertz CT molecular complexity index is 242. The number of alkyl halides is 2. The molecule has 0 radical (unpaired) electrons. The third-order valence-electron chi connectivity index (χ3n) is 4.36. The molecule has 1 saturated carbocycles. The Balaban J connectivity index is 1.61. The minimum Gasteiger partial charge on any atom is -0.393 e. The van der Waals surface area contributed by atoms with E-state index < -0.39 is 12.0 Å². The topological polar surface area (TPSA) is 29.5 Å². The van der Waals surface area contributed by atoms with Crippen LogP contribution in [0, 0.1) is 5.92 Å². The lowest BCUT2D eigenvalue weighted by Gasteiger charge is -2.31. The fraction of sp³-hybridized carbons (Fsp3) is 1.00. The van der Waals surface area contributed by atoms with Crippen molar-refractivity contribution in [3.05, 3.63) is 0 Å². The van der Waals surface area contributed by atoms with E-state index in [0.29, 0.717) is 18.9 Å². The predicted molar refractivity (Wildman–Crippen MR) is 65.7 cm³/mol. The van der Waals surface area contributed by atoms with Crippen LogP contribution in [-0.2, 0) is 4.74 Å². The van der Waals surface area contributed by atoms with E-state index in [2.05, 4.69) is 0 Å². The van der Waals surface area contributed by atoms with Crippen molar-refractivity contribution in [1.29, 1.82) is 0 Å². The minimum atomic E-state index is -2.49. The molecule has 2 atom stereocenters. The Morgan fingerprint density at radius 3 is 2.56 bits per heavy atom. The zero-order valence-corrected chi connectivity index (χ0v) is 10.9. The first kappa shape index (κ1) is 14.2. The first-order valence-electron chi connectivity index (χ1n) is 7.24. The van der Waals surface area contributed by atoms with Crippen molar-refractivity contribution in [3.63, 3.8) is 0 Å². The highest BCUT2D eigenvalue weighted by Gasteiger charge is 2.37. The molecular weight excluding hydrogens is 238 g/mol. The average molecular weight is 262 g/mol. The van der Waals surface area contributed by atoms with E-state index in [-0.39, 0.29) is 18.8 Å². The zero-order valence-electron chi connectivity index (χ0n) is 10.9. The second-order valence-corrected chi connectivity index (χ2v) is 5.83. The first-order valence-corrected chi connectivity index (χ1v) is 7.24. The summed E-state index contributed by atoms with van der Waals surface area (Å²) in [6.07, 6.45) is 5.74. The van der Waals surface area contributed by atoms with E-state index in [1.165, 1.54) is 0 Å². The SMILES string of the molecule is OC(CCCC1CCCO1)C1CCC(F)(F)CC1. The van der Waals surface area contributed by atoms with Gasteiger partial charge >= 0.3 is 0 Å². The lowest BCUT2D eigenvalue weighted by Crippen LogP contribution is -2.31. The summed E-state index contributed by atoms with van der Waals surface area (Å²) in [5.41, 5.74) is 0. The summed E-state index contributed by atoms with van der Waals surface area (Å²) in [6.45, 7) is 0.866. The largest absolute Gasteiger partial charge is 0.393 e. The highest BCUT2D eigenvalue weighted by Crippen LogP contribution is 2.38. The molecule has 1 saturated heterocycles. The van der Waals surface area contributed by atoms with E-state index in [1.54, 1.807) is 0 Å². The fourth-order valence-electron chi connectivity index (χ4n) is 3.11. The Kier molecular flexibility index (Phi) is 4.96. The molecule has 1 aliphatic carbocycles. The molecule has 1 N–H and O–H groups in total. The molecule has 2 fully saturated rings. The fourth-order valence-corrected chi connectivity index (χ4v) is 3.11. The van der Waals surface area contributed by atoms with Crippen molar-refractivity contribution < 1.29 is 18.6 Å². The first-order chi connectivity index (χ1) is 8.57. The summed E-state index contributed by atoms with van der Waals surface area (Å²) in [6, 6.07) is 0. The van der Waals surface area contributed by atoms with Gasteiger partial charge in [0.15, 0.2) is 0 Å². The van der Waals surface area contributed by atoms with Crippen LogP contribution < -0.4 is 0 Å². The molecule has 18 heavy (non-hydrogen) atoms. The van der Waals surface area contributed by atoms with Crippen LogP contribution in [0.3, 0.4) is 0 Å². The molecule has 4 heteroatoms. The molecule has 2 unspecified atom stereocenters. The molecule has 2 aliphatic rings. The molecule has 0 amide bonds. The van der Waals surface area contributed by atoms with Gasteiger partial charge in [0.2, 0.25) is 5.92 Å². The van der Waals surface area contributed by atoms with E-state index in [9.17, 15) is 13.9 Å². The Morgan fingerprint density at radius 1 is 1.22 bits per heavy atom. The highest BCUT2D eigenvalue weighted by molar-refractivity contribution is 4.81. The smallest absolute Gasteiger partial charge is 0.248 e. The third-order valence-corrected chi connectivity index (χ3v) is 4.36. The van der Waals surface area contributed by atoms with Gasteiger partial charge in [-0.3, -0.25) is 0 Å². The maximum absolute atomic E-state index is 13.0. The summed E-state index contributed by atoms with van der Waals surface area (Å²) in [7, 11) is 0. The van der Waals surface area contributed by atoms with Gasteiger partial charge in [-0.1, -0.05) is 0 Å². The molecule has 106 valence electrons. The number of rotatable bonds is 5. The monoisotopic (exact) mass is 262 g/mol. The Morgan fingerprint density at radius 2 is 1.94 bits per heavy atom. The van der Waals surface area contributed by atoms with Gasteiger partial charge in [-0.05, 0) is 50.9 Å². The number of hydrogen-bond acceptors (Lipinski definition) is 2. The summed E-state index contributed by atoms with van der Waals surface area (Å²) in [4.78, 5) is 0. The maximum Gasteiger partial charge on any atom is 0.248 e. The Hall–Kier alpha value is -0.220. The molecule has 0 bridgehead atoms. The van der Waals surface area contributed by atoms with Crippen molar-refractivity contribution in [2.75, 3.05) is 6.61 Å². The summed E-state index contributed by atoms with van der Waals surface area (Å²) in [5, 5.41) is 10.0. The van der Waals surface area contributed by atoms with Crippen LogP contribution >= 0.6 is 0 Å². The van der Waals surface area contributed by atoms with Crippen LogP contribution in [0.15, 0.2) is 0 Å². The van der Waals surface area contributed by atoms with Gasteiger partial charge in [-0.25, -0.2) is 8.78 Å². The van der Waals surface area contributed by atoms with Crippen LogP contribution in [0.25, 0.3) is 0 Å². The van der Waals surface area contributed by atoms with Crippen molar-refractivity contribution in [2.45, 2.75) is 75.9 Å². The number of aliphatic hydroxyl groups is 1. The quantitative estimate of drug-likeness (QED) is 0.821. The number of aliphatic hydroxyl groups excluding tert-OH is 1. The summed E-state index contributed by atoms with van der Waals surface area (Å²) >= 11 is 0. The van der Waals surface area contributed by atoms with Gasteiger partial charge in [0.1, 0.15) is 0 Å². The van der Waals surface area contributed by atoms with Crippen LogP contribution in [0.1, 0.15) is 57.8 Å². The molecule has 0 aromatic carbocycles. The normalized spacial score (nSPS) is 30.5. The lowest BCUT2D eigenvalue weighted by atomic mass is 9.82. The van der Waals surface area contributed by atoms with E-state index in [4.69, 9.17) is 4.74 Å². The van der Waals surface area contributed by atoms with Crippen LogP contribution in [0.5, 0.6) is 0 Å². The van der Waals surface area contributed by atoms with Crippen LogP contribution in [0.2, 0.25) is 0 Å². The summed E-state index contributed by atoms with van der Waals surface area (Å²) < 4.78 is 31.5. The standard InChI is InChI=1S/C14H24F2O2/c15-14(16)8-6-11(7-9-14)13(17)5-1-3-12-4-2-10-18-12/h11-13,17H,1-10H2. The molecular formula is C14H24F2O2. The number of hydrogen-bond donors (Lipinski definition) is 1. The predicted octanol–water partition coefficient (Wildman–Crippen LogP) is 3.52. The van der Waals surface area contributed by atoms with Gasteiger partial charge in [0.25, 0.3) is 0 Å². The number of ether oxygens (including phenoxy) is 1. The molecule has 1 aliphatic heterocycles. The molecule has 2 rings (SSSR count). The van der Waals surface area contributed by atoms with E-state index >= 15 is 0 Å². The van der Waals surface area contributed by atoms with Gasteiger partial charge in [0.05, 0.1) is 12.2 Å². The van der Waals surface area contributed by atoms with E-state index in [1.807, 2.05) is 0 Å². The molecule has 0 aromatic heterocycles. The highest BCUT2D eigenvalue weighted by atomic mass is 19.3. The Labute approximate surface area is 108 Å². The van der Waals surface area contributed by atoms with E-state index in [0.717, 1.165) is 38.7 Å². The molecule has 1 heterocycles. The summed E-state index contributed by atoms with van der Waals surface area (Å²) in [5.74, 6) is -2.41. The third kappa shape index (κ3) is 4.16. The number of halogens is 2.